The number of aromatic nitrogens is 2. The average Bonchev–Trinajstić information content (AvgIpc) is 2.96. The Morgan fingerprint density at radius 2 is 1.72 bits per heavy atom. The maximum absolute atomic E-state index is 13.7. The smallest absolute Gasteiger partial charge is 0.269 e. The average molecular weight is 346 g/mol. The van der Waals surface area contributed by atoms with Gasteiger partial charge in [-0.25, -0.2) is 4.39 Å². The molecule has 4 aromatic rings. The van der Waals surface area contributed by atoms with Crippen LogP contribution in [0.25, 0.3) is 22.4 Å². The zero-order chi connectivity index (χ0) is 17.1. The van der Waals surface area contributed by atoms with Crippen molar-refractivity contribution in [2.24, 2.45) is 0 Å². The Hall–Kier alpha value is -2.59. The Morgan fingerprint density at radius 1 is 0.960 bits per heavy atom. The van der Waals surface area contributed by atoms with Gasteiger partial charge in [0.15, 0.2) is 0 Å². The molecule has 0 saturated heterocycles. The molecule has 2 nitrogen and oxygen atoms in total. The van der Waals surface area contributed by atoms with E-state index in [1.165, 1.54) is 17.2 Å². The van der Waals surface area contributed by atoms with Crippen molar-refractivity contribution in [2.75, 3.05) is 0 Å². The number of rotatable bonds is 1. The highest BCUT2D eigenvalue weighted by molar-refractivity contribution is 7.99. The van der Waals surface area contributed by atoms with Gasteiger partial charge in [-0.2, -0.15) is 0 Å². The first kappa shape index (κ1) is 14.7. The summed E-state index contributed by atoms with van der Waals surface area (Å²) >= 11 is 1.61. The Morgan fingerprint density at radius 3 is 2.52 bits per heavy atom. The lowest BCUT2D eigenvalue weighted by molar-refractivity contribution is -0.577. The molecule has 3 aromatic carbocycles. The summed E-state index contributed by atoms with van der Waals surface area (Å²) in [4.78, 5) is 2.04. The summed E-state index contributed by atoms with van der Waals surface area (Å²) in [5.74, 6) is -0.211. The van der Waals surface area contributed by atoms with E-state index in [0.29, 0.717) is 0 Å². The molecule has 0 aliphatic carbocycles. The van der Waals surface area contributed by atoms with Crippen LogP contribution in [0.2, 0.25) is 0 Å². The lowest BCUT2D eigenvalue weighted by atomic mass is 10.1. The zero-order valence-electron chi connectivity index (χ0n) is 13.9. The Bertz CT molecular complexity index is 1140. The second-order valence-corrected chi connectivity index (χ2v) is 7.43. The summed E-state index contributed by atoms with van der Waals surface area (Å²) in [6.45, 7) is 4.24. The van der Waals surface area contributed by atoms with Crippen LogP contribution in [-0.4, -0.2) is 4.57 Å². The van der Waals surface area contributed by atoms with Crippen LogP contribution in [0.4, 0.5) is 4.39 Å². The van der Waals surface area contributed by atoms with E-state index in [4.69, 9.17) is 0 Å². The van der Waals surface area contributed by atoms with Gasteiger partial charge in [0.2, 0.25) is 0 Å². The van der Waals surface area contributed by atoms with Crippen LogP contribution in [0.3, 0.4) is 0 Å². The van der Waals surface area contributed by atoms with Crippen LogP contribution in [0.1, 0.15) is 11.1 Å². The van der Waals surface area contributed by atoms with Crippen molar-refractivity contribution in [3.8, 4) is 11.4 Å². The van der Waals surface area contributed by atoms with E-state index in [-0.39, 0.29) is 5.82 Å². The summed E-state index contributed by atoms with van der Waals surface area (Å²) in [7, 11) is 0. The lowest BCUT2D eigenvalue weighted by Crippen LogP contribution is -2.32. The third-order valence-corrected chi connectivity index (χ3v) is 5.78. The van der Waals surface area contributed by atoms with Gasteiger partial charge in [0.1, 0.15) is 5.82 Å². The molecule has 0 bridgehead atoms. The summed E-state index contributed by atoms with van der Waals surface area (Å²) in [6, 6.07) is 17.5. The highest BCUT2D eigenvalue weighted by Gasteiger charge is 2.23. The second-order valence-electron chi connectivity index (χ2n) is 6.35. The van der Waals surface area contributed by atoms with Gasteiger partial charge < -0.3 is 0 Å². The Labute approximate surface area is 149 Å². The van der Waals surface area contributed by atoms with Crippen LogP contribution >= 0.6 is 11.8 Å². The van der Waals surface area contributed by atoms with E-state index in [1.807, 2.05) is 6.07 Å². The minimum absolute atomic E-state index is 0.211. The summed E-state index contributed by atoms with van der Waals surface area (Å²) in [5.41, 5.74) is 6.76. The molecule has 0 unspecified atom stereocenters. The SMILES string of the molecule is Cc1cccc(C)c1-n1[c-][n+]2c3c(cccc31)Sc1cc(F)ccc1-2. The fraction of sp³-hybridized carbons (Fsp3) is 0.0952. The largest absolute Gasteiger partial charge is 0.291 e. The second kappa shape index (κ2) is 5.20. The minimum atomic E-state index is -0.211. The van der Waals surface area contributed by atoms with Gasteiger partial charge in [-0.05, 0) is 43.2 Å². The number of aryl methyl sites for hydroxylation is 2. The summed E-state index contributed by atoms with van der Waals surface area (Å²) < 4.78 is 17.9. The van der Waals surface area contributed by atoms with Gasteiger partial charge >= 0.3 is 0 Å². The molecular weight excluding hydrogens is 331 g/mol. The number of fused-ring (bicyclic) bond motifs is 2. The predicted molar refractivity (Wildman–Crippen MR) is 97.2 cm³/mol. The third kappa shape index (κ3) is 2.07. The molecule has 0 atom stereocenters. The van der Waals surface area contributed by atoms with Crippen LogP contribution in [0.15, 0.2) is 64.4 Å². The molecule has 4 heteroatoms. The van der Waals surface area contributed by atoms with E-state index in [2.05, 4.69) is 65.7 Å². The Kier molecular flexibility index (Phi) is 3.06. The third-order valence-electron chi connectivity index (χ3n) is 4.69. The molecule has 0 amide bonds. The van der Waals surface area contributed by atoms with Crippen LogP contribution < -0.4 is 4.57 Å². The fourth-order valence-electron chi connectivity index (χ4n) is 3.58. The quantitative estimate of drug-likeness (QED) is 0.309. The zero-order valence-corrected chi connectivity index (χ0v) is 14.7. The molecule has 1 aliphatic rings. The number of halogens is 1. The number of para-hydroxylation sites is 2. The van der Waals surface area contributed by atoms with E-state index in [0.717, 1.165) is 32.2 Å². The monoisotopic (exact) mass is 346 g/mol. The minimum Gasteiger partial charge on any atom is -0.291 e. The first-order valence-electron chi connectivity index (χ1n) is 8.16. The van der Waals surface area contributed by atoms with Gasteiger partial charge in [-0.1, -0.05) is 48.2 Å². The first-order valence-corrected chi connectivity index (χ1v) is 8.98. The molecule has 122 valence electrons. The van der Waals surface area contributed by atoms with Gasteiger partial charge in [0, 0.05) is 9.79 Å². The maximum atomic E-state index is 13.7. The van der Waals surface area contributed by atoms with Crippen LogP contribution in [-0.2, 0) is 0 Å². The molecule has 0 saturated carbocycles. The van der Waals surface area contributed by atoms with Crippen molar-refractivity contribution >= 4 is 22.8 Å². The summed E-state index contributed by atoms with van der Waals surface area (Å²) in [5, 5.41) is 0. The standard InChI is InChI=1S/C21H15FN2S/c1-13-5-3-6-14(2)20(13)24-12-23-16-10-9-15(22)11-19(16)25-18-8-4-7-17(24)21(18)23/h3-11H,1-2H3. The number of hydrogen-bond acceptors (Lipinski definition) is 1. The van der Waals surface area contributed by atoms with E-state index >= 15 is 0 Å². The summed E-state index contributed by atoms with van der Waals surface area (Å²) in [6.07, 6.45) is 3.50. The van der Waals surface area contributed by atoms with Crippen molar-refractivity contribution in [3.63, 3.8) is 0 Å². The Balaban J connectivity index is 1.90. The predicted octanol–water partition coefficient (Wildman–Crippen LogP) is 4.93. The topological polar surface area (TPSA) is 8.81 Å². The molecule has 1 aromatic heterocycles. The van der Waals surface area contributed by atoms with Gasteiger partial charge in [-0.3, -0.25) is 9.13 Å². The van der Waals surface area contributed by atoms with Crippen molar-refractivity contribution < 1.29 is 8.96 Å². The van der Waals surface area contributed by atoms with Crippen molar-refractivity contribution in [3.05, 3.63) is 77.9 Å². The molecule has 0 spiro atoms. The molecule has 0 fully saturated rings. The lowest BCUT2D eigenvalue weighted by Gasteiger charge is -2.17. The van der Waals surface area contributed by atoms with Gasteiger partial charge in [0.25, 0.3) is 6.33 Å². The molecule has 5 rings (SSSR count). The highest BCUT2D eigenvalue weighted by atomic mass is 32.2. The molecule has 2 heterocycles. The van der Waals surface area contributed by atoms with E-state index in [9.17, 15) is 4.39 Å². The van der Waals surface area contributed by atoms with E-state index < -0.39 is 0 Å². The van der Waals surface area contributed by atoms with Gasteiger partial charge in [0.05, 0.1) is 22.4 Å². The molecular formula is C21H15FN2S. The number of imidazole rings is 1. The molecule has 0 N–H and O–H groups in total. The van der Waals surface area contributed by atoms with Crippen molar-refractivity contribution in [1.82, 2.24) is 4.57 Å². The van der Waals surface area contributed by atoms with E-state index in [1.54, 1.807) is 17.8 Å². The van der Waals surface area contributed by atoms with Crippen molar-refractivity contribution in [2.45, 2.75) is 23.6 Å². The number of hydrogen-bond donors (Lipinski definition) is 0. The molecule has 1 aliphatic heterocycles. The van der Waals surface area contributed by atoms with Crippen LogP contribution in [0.5, 0.6) is 0 Å². The fourth-order valence-corrected chi connectivity index (χ4v) is 4.69. The van der Waals surface area contributed by atoms with Crippen LogP contribution in [0, 0.1) is 26.0 Å². The molecule has 0 radical (unpaired) electrons. The van der Waals surface area contributed by atoms with Gasteiger partial charge in [-0.15, -0.1) is 0 Å². The maximum Gasteiger partial charge on any atom is 0.269 e. The normalized spacial score (nSPS) is 12.4. The number of benzene rings is 3. The molecule has 25 heavy (non-hydrogen) atoms. The highest BCUT2D eigenvalue weighted by Crippen LogP contribution is 2.39. The van der Waals surface area contributed by atoms with Crippen molar-refractivity contribution in [1.29, 1.82) is 0 Å². The number of nitrogens with zero attached hydrogens (tertiary/aromatic N) is 2. The first-order chi connectivity index (χ1) is 12.1.